The van der Waals surface area contributed by atoms with Crippen molar-refractivity contribution in [3.05, 3.63) is 29.8 Å². The van der Waals surface area contributed by atoms with Crippen LogP contribution in [0, 0.1) is 0 Å². The molecule has 0 fully saturated rings. The number of nitrogen functional groups attached to an aromatic ring is 1. The summed E-state index contributed by atoms with van der Waals surface area (Å²) < 4.78 is 10.6. The van der Waals surface area contributed by atoms with Gasteiger partial charge < -0.3 is 14.8 Å². The van der Waals surface area contributed by atoms with Crippen molar-refractivity contribution < 1.29 is 9.05 Å². The van der Waals surface area contributed by atoms with Crippen LogP contribution in [0.5, 0.6) is 0 Å². The van der Waals surface area contributed by atoms with Gasteiger partial charge in [-0.3, -0.25) is 0 Å². The molecule has 0 aliphatic carbocycles. The Bertz CT molecular complexity index is 357. The van der Waals surface area contributed by atoms with E-state index in [4.69, 9.17) is 14.8 Å². The van der Waals surface area contributed by atoms with Gasteiger partial charge in [0.15, 0.2) is 0 Å². The molecule has 0 aromatic heterocycles. The summed E-state index contributed by atoms with van der Waals surface area (Å²) in [6.07, 6.45) is 5.67. The van der Waals surface area contributed by atoms with Crippen molar-refractivity contribution in [2.24, 2.45) is 0 Å². The molecule has 15 heavy (non-hydrogen) atoms. The molecule has 4 heteroatoms. The number of aryl methyl sites for hydroxylation is 1. The fraction of sp³-hybridized carbons (Fsp3) is 0.364. The second-order valence-electron chi connectivity index (χ2n) is 3.40. The van der Waals surface area contributed by atoms with E-state index in [9.17, 15) is 0 Å². The minimum Gasteiger partial charge on any atom is -0.399 e. The van der Waals surface area contributed by atoms with E-state index in [2.05, 4.69) is 6.30 Å². The Morgan fingerprint density at radius 2 is 2.00 bits per heavy atom. The summed E-state index contributed by atoms with van der Waals surface area (Å²) in [6, 6.07) is 7.85. The second-order valence-corrected chi connectivity index (χ2v) is 6.20. The van der Waals surface area contributed by atoms with E-state index in [0.717, 1.165) is 18.3 Å². The van der Waals surface area contributed by atoms with Crippen molar-refractivity contribution in [3.8, 4) is 0 Å². The van der Waals surface area contributed by atoms with Gasteiger partial charge in [0.25, 0.3) is 0 Å². The van der Waals surface area contributed by atoms with Crippen LogP contribution in [0.4, 0.5) is 5.69 Å². The molecule has 0 atom stereocenters. The SMILES string of the molecule is C=P(CCc1cccc(N)c1)(OC)OC. The highest BCUT2D eigenvalue weighted by Crippen LogP contribution is 2.45. The third kappa shape index (κ3) is 3.71. The highest BCUT2D eigenvalue weighted by atomic mass is 31.2. The molecule has 1 aromatic rings. The third-order valence-corrected chi connectivity index (χ3v) is 4.59. The summed E-state index contributed by atoms with van der Waals surface area (Å²) >= 11 is 0. The summed E-state index contributed by atoms with van der Waals surface area (Å²) in [7, 11) is 1.38. The Morgan fingerprint density at radius 1 is 1.33 bits per heavy atom. The van der Waals surface area contributed by atoms with Gasteiger partial charge in [-0.15, -0.1) is 0 Å². The lowest BCUT2D eigenvalue weighted by Gasteiger charge is -2.20. The summed E-state index contributed by atoms with van der Waals surface area (Å²) in [5, 5.41) is 0. The Labute approximate surface area is 91.3 Å². The molecular formula is C11H18NO2P. The molecule has 0 aliphatic heterocycles. The molecule has 0 heterocycles. The largest absolute Gasteiger partial charge is 0.399 e. The van der Waals surface area contributed by atoms with Gasteiger partial charge in [-0.1, -0.05) is 18.4 Å². The van der Waals surface area contributed by atoms with Crippen LogP contribution >= 0.6 is 7.34 Å². The molecule has 2 N–H and O–H groups in total. The summed E-state index contributed by atoms with van der Waals surface area (Å²) in [5.41, 5.74) is 7.67. The van der Waals surface area contributed by atoms with Gasteiger partial charge in [-0.2, -0.15) is 0 Å². The Kier molecular flexibility index (Phi) is 4.40. The lowest BCUT2D eigenvalue weighted by atomic mass is 10.1. The maximum atomic E-state index is 5.69. The normalized spacial score (nSPS) is 11.6. The van der Waals surface area contributed by atoms with E-state index in [1.807, 2.05) is 24.3 Å². The van der Waals surface area contributed by atoms with Crippen LogP contribution in [0.1, 0.15) is 5.56 Å². The first-order valence-corrected chi connectivity index (χ1v) is 6.77. The molecule has 0 bridgehead atoms. The molecular weight excluding hydrogens is 209 g/mol. The summed E-state index contributed by atoms with van der Waals surface area (Å²) in [4.78, 5) is 0. The first-order valence-electron chi connectivity index (χ1n) is 4.78. The van der Waals surface area contributed by atoms with Gasteiger partial charge in [-0.25, -0.2) is 0 Å². The lowest BCUT2D eigenvalue weighted by Crippen LogP contribution is -1.99. The van der Waals surface area contributed by atoms with Crippen molar-refractivity contribution in [2.45, 2.75) is 6.42 Å². The average molecular weight is 227 g/mol. The number of hydrogen-bond donors (Lipinski definition) is 1. The van der Waals surface area contributed by atoms with Crippen LogP contribution in [-0.2, 0) is 15.5 Å². The van der Waals surface area contributed by atoms with Crippen molar-refractivity contribution in [2.75, 3.05) is 26.1 Å². The number of anilines is 1. The predicted molar refractivity (Wildman–Crippen MR) is 67.5 cm³/mol. The van der Waals surface area contributed by atoms with E-state index in [-0.39, 0.29) is 0 Å². The molecule has 3 nitrogen and oxygen atoms in total. The lowest BCUT2D eigenvalue weighted by molar-refractivity contribution is 0.335. The van der Waals surface area contributed by atoms with Crippen LogP contribution in [0.2, 0.25) is 0 Å². The van der Waals surface area contributed by atoms with Crippen LogP contribution in [-0.4, -0.2) is 26.7 Å². The van der Waals surface area contributed by atoms with E-state index in [1.165, 1.54) is 5.56 Å². The predicted octanol–water partition coefficient (Wildman–Crippen LogP) is 2.38. The first kappa shape index (κ1) is 12.3. The third-order valence-electron chi connectivity index (χ3n) is 2.36. The second kappa shape index (κ2) is 5.36. The van der Waals surface area contributed by atoms with E-state index in [1.54, 1.807) is 14.2 Å². The zero-order valence-electron chi connectivity index (χ0n) is 9.27. The summed E-state index contributed by atoms with van der Waals surface area (Å²) in [6.45, 7) is 0. The molecule has 1 rings (SSSR count). The highest BCUT2D eigenvalue weighted by Gasteiger charge is 2.11. The Hall–Kier alpha value is -0.760. The fourth-order valence-electron chi connectivity index (χ4n) is 1.31. The van der Waals surface area contributed by atoms with E-state index >= 15 is 0 Å². The maximum absolute atomic E-state index is 5.69. The molecule has 0 saturated heterocycles. The topological polar surface area (TPSA) is 44.5 Å². The molecule has 0 radical (unpaired) electrons. The first-order chi connectivity index (χ1) is 7.09. The fourth-order valence-corrected chi connectivity index (χ4v) is 2.42. The zero-order chi connectivity index (χ0) is 11.3. The zero-order valence-corrected chi connectivity index (χ0v) is 10.2. The van der Waals surface area contributed by atoms with Crippen molar-refractivity contribution in [1.29, 1.82) is 0 Å². The van der Waals surface area contributed by atoms with Gasteiger partial charge in [0.2, 0.25) is 0 Å². The highest BCUT2D eigenvalue weighted by molar-refractivity contribution is 7.64. The number of rotatable bonds is 5. The maximum Gasteiger partial charge on any atom is 0.116 e. The Balaban J connectivity index is 2.61. The minimum atomic E-state index is -1.90. The quantitative estimate of drug-likeness (QED) is 0.620. The van der Waals surface area contributed by atoms with Gasteiger partial charge in [0, 0.05) is 26.1 Å². The monoisotopic (exact) mass is 227 g/mol. The molecule has 84 valence electrons. The summed E-state index contributed by atoms with van der Waals surface area (Å²) in [5.74, 6) is 0. The number of hydrogen-bond acceptors (Lipinski definition) is 3. The van der Waals surface area contributed by atoms with Gasteiger partial charge >= 0.3 is 0 Å². The number of benzene rings is 1. The van der Waals surface area contributed by atoms with Crippen molar-refractivity contribution in [1.82, 2.24) is 0 Å². The Morgan fingerprint density at radius 3 is 2.53 bits per heavy atom. The molecule has 1 aromatic carbocycles. The standard InChI is InChI=1S/C11H18NO2P/c1-13-15(3,14-2)8-7-10-5-4-6-11(12)9-10/h4-6,9H,3,7-8,12H2,1-2H3. The van der Waals surface area contributed by atoms with E-state index < -0.39 is 7.34 Å². The smallest absolute Gasteiger partial charge is 0.116 e. The molecule has 0 spiro atoms. The number of nitrogens with two attached hydrogens (primary N) is 1. The van der Waals surface area contributed by atoms with Crippen LogP contribution in [0.15, 0.2) is 24.3 Å². The molecule has 0 unspecified atom stereocenters. The van der Waals surface area contributed by atoms with Gasteiger partial charge in [-0.05, 0) is 24.1 Å². The average Bonchev–Trinajstić information content (AvgIpc) is 2.26. The molecule has 0 saturated carbocycles. The van der Waals surface area contributed by atoms with Gasteiger partial charge in [0.05, 0.1) is 0 Å². The molecule has 0 aliphatic rings. The van der Waals surface area contributed by atoms with Crippen molar-refractivity contribution in [3.63, 3.8) is 0 Å². The molecule has 0 amide bonds. The van der Waals surface area contributed by atoms with Crippen LogP contribution < -0.4 is 5.73 Å². The minimum absolute atomic E-state index is 0.787. The van der Waals surface area contributed by atoms with Gasteiger partial charge in [0.1, 0.15) is 7.34 Å². The van der Waals surface area contributed by atoms with Crippen LogP contribution in [0.25, 0.3) is 0 Å². The van der Waals surface area contributed by atoms with Crippen molar-refractivity contribution >= 4 is 19.3 Å². The van der Waals surface area contributed by atoms with Crippen LogP contribution in [0.3, 0.4) is 0 Å². The van der Waals surface area contributed by atoms with E-state index in [0.29, 0.717) is 0 Å².